The Morgan fingerprint density at radius 2 is 1.50 bits per heavy atom. The van der Waals surface area contributed by atoms with E-state index in [2.05, 4.69) is 5.48 Å². The number of amides is 1. The molecule has 7 nitrogen and oxygen atoms in total. The topological polar surface area (TPSA) is 88.8 Å². The maximum absolute atomic E-state index is 13.0. The predicted octanol–water partition coefficient (Wildman–Crippen LogP) is 5.07. The molecule has 4 rings (SSSR count). The molecule has 1 amide bonds. The van der Waals surface area contributed by atoms with Gasteiger partial charge in [0, 0.05) is 29.6 Å². The molecule has 3 aromatic carbocycles. The largest absolute Gasteiger partial charge is 0.455 e. The fourth-order valence-corrected chi connectivity index (χ4v) is 4.32. The molecular weight excluding hydrogens is 452 g/mol. The average molecular weight is 479 g/mol. The highest BCUT2D eigenvalue weighted by Gasteiger charge is 2.26. The summed E-state index contributed by atoms with van der Waals surface area (Å²) in [6.07, 6.45) is 1.15. The lowest BCUT2D eigenvalue weighted by Crippen LogP contribution is -2.25. The van der Waals surface area contributed by atoms with Crippen LogP contribution in [0.1, 0.15) is 21.5 Å². The highest BCUT2D eigenvalue weighted by molar-refractivity contribution is 7.92. The van der Waals surface area contributed by atoms with E-state index >= 15 is 0 Å². The number of nitrogens with one attached hydrogen (secondary N) is 1. The molecule has 176 valence electrons. The lowest BCUT2D eigenvalue weighted by Gasteiger charge is -2.20. The molecule has 0 aliphatic carbocycles. The van der Waals surface area contributed by atoms with Crippen molar-refractivity contribution in [2.45, 2.75) is 13.8 Å². The van der Waals surface area contributed by atoms with Crippen molar-refractivity contribution < 1.29 is 22.5 Å². The van der Waals surface area contributed by atoms with Crippen molar-refractivity contribution in [3.63, 3.8) is 0 Å². The van der Waals surface area contributed by atoms with Crippen LogP contribution in [0.5, 0.6) is 0 Å². The van der Waals surface area contributed by atoms with Gasteiger partial charge in [-0.25, -0.2) is 13.9 Å². The Kier molecular flexibility index (Phi) is 6.20. The van der Waals surface area contributed by atoms with E-state index in [1.54, 1.807) is 12.1 Å². The third-order valence-electron chi connectivity index (χ3n) is 5.74. The Labute approximate surface area is 199 Å². The van der Waals surface area contributed by atoms with Gasteiger partial charge in [-0.05, 0) is 25.5 Å². The summed E-state index contributed by atoms with van der Waals surface area (Å²) in [5.41, 5.74) is 7.86. The Balaban J connectivity index is 2.07. The number of furan rings is 1. The number of rotatable bonds is 6. The molecule has 0 radical (unpaired) electrons. The van der Waals surface area contributed by atoms with Crippen molar-refractivity contribution in [3.05, 3.63) is 77.4 Å². The molecule has 34 heavy (non-hydrogen) atoms. The van der Waals surface area contributed by atoms with Crippen LogP contribution in [0.25, 0.3) is 33.4 Å². The van der Waals surface area contributed by atoms with E-state index < -0.39 is 15.9 Å². The van der Waals surface area contributed by atoms with Gasteiger partial charge in [0.2, 0.25) is 10.0 Å². The molecule has 4 aromatic rings. The molecule has 0 aliphatic rings. The van der Waals surface area contributed by atoms with E-state index in [9.17, 15) is 13.2 Å². The summed E-state index contributed by atoms with van der Waals surface area (Å²) in [6, 6.07) is 18.8. The second-order valence-corrected chi connectivity index (χ2v) is 10.3. The lowest BCUT2D eigenvalue weighted by atomic mass is 9.98. The Hall–Kier alpha value is -3.62. The minimum Gasteiger partial charge on any atom is -0.455 e. The summed E-state index contributed by atoms with van der Waals surface area (Å²) in [7, 11) is -0.696. The number of hydroxylamine groups is 1. The fourth-order valence-electron chi connectivity index (χ4n) is 3.81. The zero-order chi connectivity index (χ0) is 24.6. The fraction of sp³-hybridized carbons (Fsp3) is 0.192. The van der Waals surface area contributed by atoms with Crippen molar-refractivity contribution >= 4 is 32.6 Å². The highest BCUT2D eigenvalue weighted by atomic mass is 32.2. The molecule has 1 aromatic heterocycles. The van der Waals surface area contributed by atoms with E-state index in [0.717, 1.165) is 28.5 Å². The van der Waals surface area contributed by atoms with Crippen LogP contribution < -0.4 is 9.79 Å². The number of carbonyl (C=O) groups excluding carboxylic acids is 1. The van der Waals surface area contributed by atoms with Crippen molar-refractivity contribution in [2.75, 3.05) is 24.7 Å². The van der Waals surface area contributed by atoms with E-state index in [-0.39, 0.29) is 0 Å². The minimum absolute atomic E-state index is 0.308. The van der Waals surface area contributed by atoms with Crippen molar-refractivity contribution in [2.24, 2.45) is 0 Å². The lowest BCUT2D eigenvalue weighted by molar-refractivity contribution is 0.0539. The van der Waals surface area contributed by atoms with Crippen LogP contribution >= 0.6 is 0 Å². The quantitative estimate of drug-likeness (QED) is 0.391. The van der Waals surface area contributed by atoms with E-state index in [1.807, 2.05) is 62.4 Å². The molecule has 0 bridgehead atoms. The van der Waals surface area contributed by atoms with E-state index in [1.165, 1.54) is 18.5 Å². The Morgan fingerprint density at radius 3 is 2.03 bits per heavy atom. The van der Waals surface area contributed by atoms with Crippen molar-refractivity contribution in [3.8, 4) is 22.5 Å². The molecule has 1 N–H and O–H groups in total. The number of benzene rings is 3. The Morgan fingerprint density at radius 1 is 0.941 bits per heavy atom. The van der Waals surface area contributed by atoms with Gasteiger partial charge in [0.05, 0.1) is 24.6 Å². The summed E-state index contributed by atoms with van der Waals surface area (Å²) in [5.74, 6) is -0.0885. The van der Waals surface area contributed by atoms with Gasteiger partial charge >= 0.3 is 0 Å². The standard InChI is InChI=1S/C26H26N2O5S/c1-16-6-10-18(11-7-16)20-14-21-23(15-22(20)28(3)34(5,30)31)33-25(24(21)26(29)27-32-4)19-12-8-17(2)9-13-19/h6-15H,1-5H3,(H,27,29). The maximum atomic E-state index is 13.0. The average Bonchev–Trinajstić information content (AvgIpc) is 3.17. The first-order valence-electron chi connectivity index (χ1n) is 10.6. The van der Waals surface area contributed by atoms with Gasteiger partial charge < -0.3 is 4.42 Å². The summed E-state index contributed by atoms with van der Waals surface area (Å²) in [6.45, 7) is 3.95. The van der Waals surface area contributed by atoms with E-state index in [0.29, 0.717) is 33.5 Å². The molecule has 0 aliphatic heterocycles. The van der Waals surface area contributed by atoms with Crippen LogP contribution in [-0.4, -0.2) is 34.7 Å². The molecule has 8 heteroatoms. The molecule has 0 spiro atoms. The monoisotopic (exact) mass is 478 g/mol. The van der Waals surface area contributed by atoms with Gasteiger partial charge in [0.25, 0.3) is 5.91 Å². The van der Waals surface area contributed by atoms with E-state index in [4.69, 9.17) is 9.25 Å². The number of nitrogens with zero attached hydrogens (tertiary/aromatic N) is 1. The second kappa shape index (κ2) is 8.96. The maximum Gasteiger partial charge on any atom is 0.279 e. The van der Waals surface area contributed by atoms with Gasteiger partial charge in [0.15, 0.2) is 0 Å². The van der Waals surface area contributed by atoms with Gasteiger partial charge in [-0.2, -0.15) is 0 Å². The third kappa shape index (κ3) is 4.42. The van der Waals surface area contributed by atoms with Crippen molar-refractivity contribution in [1.82, 2.24) is 5.48 Å². The van der Waals surface area contributed by atoms with Crippen LogP contribution in [0.4, 0.5) is 5.69 Å². The van der Waals surface area contributed by atoms with Gasteiger partial charge in [-0.1, -0.05) is 59.7 Å². The number of anilines is 1. The number of sulfonamides is 1. The van der Waals surface area contributed by atoms with Crippen LogP contribution in [-0.2, 0) is 14.9 Å². The zero-order valence-electron chi connectivity index (χ0n) is 19.7. The zero-order valence-corrected chi connectivity index (χ0v) is 20.5. The van der Waals surface area contributed by atoms with Gasteiger partial charge in [-0.15, -0.1) is 0 Å². The summed E-state index contributed by atoms with van der Waals surface area (Å²) in [5, 5.41) is 0.548. The third-order valence-corrected chi connectivity index (χ3v) is 6.93. The SMILES string of the molecule is CONC(=O)c1c(-c2ccc(C)cc2)oc2cc(N(C)S(C)(=O)=O)c(-c3ccc(C)cc3)cc12. The smallest absolute Gasteiger partial charge is 0.279 e. The van der Waals surface area contributed by atoms with Crippen LogP contribution in [0, 0.1) is 13.8 Å². The first-order valence-corrected chi connectivity index (χ1v) is 12.5. The van der Waals surface area contributed by atoms with Crippen LogP contribution in [0.2, 0.25) is 0 Å². The first-order chi connectivity index (χ1) is 16.1. The summed E-state index contributed by atoms with van der Waals surface area (Å²) in [4.78, 5) is 17.9. The first kappa shape index (κ1) is 23.5. The molecule has 0 saturated heterocycles. The van der Waals surface area contributed by atoms with Gasteiger partial charge in [-0.3, -0.25) is 13.9 Å². The highest BCUT2D eigenvalue weighted by Crippen LogP contribution is 2.41. The summed E-state index contributed by atoms with van der Waals surface area (Å²) < 4.78 is 32.3. The number of aryl methyl sites for hydroxylation is 2. The van der Waals surface area contributed by atoms with Crippen LogP contribution in [0.15, 0.2) is 65.1 Å². The molecular formula is C26H26N2O5S. The second-order valence-electron chi connectivity index (χ2n) is 8.27. The molecule has 0 unspecified atom stereocenters. The normalized spacial score (nSPS) is 11.6. The summed E-state index contributed by atoms with van der Waals surface area (Å²) >= 11 is 0. The molecule has 1 heterocycles. The van der Waals surface area contributed by atoms with Crippen molar-refractivity contribution in [1.29, 1.82) is 0 Å². The van der Waals surface area contributed by atoms with Crippen LogP contribution in [0.3, 0.4) is 0 Å². The number of hydrogen-bond donors (Lipinski definition) is 1. The minimum atomic E-state index is -3.56. The molecule has 0 saturated carbocycles. The number of fused-ring (bicyclic) bond motifs is 1. The predicted molar refractivity (Wildman–Crippen MR) is 134 cm³/mol. The number of hydrogen-bond acceptors (Lipinski definition) is 5. The number of carbonyl (C=O) groups is 1. The Bertz CT molecular complexity index is 1470. The molecule has 0 atom stereocenters. The molecule has 0 fully saturated rings. The van der Waals surface area contributed by atoms with Gasteiger partial charge in [0.1, 0.15) is 11.3 Å².